The molecule has 20 heavy (non-hydrogen) atoms. The van der Waals surface area contributed by atoms with E-state index in [0.29, 0.717) is 10.9 Å². The van der Waals surface area contributed by atoms with Crippen LogP contribution in [0.3, 0.4) is 0 Å². The highest BCUT2D eigenvalue weighted by atomic mass is 35.5. The van der Waals surface area contributed by atoms with E-state index in [-0.39, 0.29) is 16.6 Å². The van der Waals surface area contributed by atoms with Gasteiger partial charge in [0.05, 0.1) is 5.69 Å². The van der Waals surface area contributed by atoms with E-state index in [2.05, 4.69) is 4.72 Å². The highest BCUT2D eigenvalue weighted by Crippen LogP contribution is 2.28. The molecule has 0 saturated heterocycles. The van der Waals surface area contributed by atoms with Crippen molar-refractivity contribution in [1.29, 1.82) is 0 Å². The zero-order valence-corrected chi connectivity index (χ0v) is 13.2. The molecule has 0 aromatic heterocycles. The molecule has 0 heterocycles. The molecule has 0 spiro atoms. The largest absolute Gasteiger partial charge is 0.398 e. The number of anilines is 1. The number of halogens is 1. The Kier molecular flexibility index (Phi) is 4.94. The van der Waals surface area contributed by atoms with Crippen molar-refractivity contribution in [2.45, 2.75) is 50.0 Å². The lowest BCUT2D eigenvalue weighted by atomic mass is 9.85. The molecule has 1 saturated carbocycles. The zero-order chi connectivity index (χ0) is 14.8. The van der Waals surface area contributed by atoms with Crippen LogP contribution < -0.4 is 10.5 Å². The number of nitrogens with two attached hydrogens (primary N) is 1. The number of sulfonamides is 1. The topological polar surface area (TPSA) is 72.2 Å². The summed E-state index contributed by atoms with van der Waals surface area (Å²) in [7, 11) is -3.62. The van der Waals surface area contributed by atoms with Gasteiger partial charge in [0.15, 0.2) is 0 Å². The molecule has 0 aliphatic heterocycles. The quantitative estimate of drug-likeness (QED) is 0.838. The molecule has 2 rings (SSSR count). The van der Waals surface area contributed by atoms with Crippen LogP contribution >= 0.6 is 11.6 Å². The standard InChI is InChI=1S/C14H21ClN2O2S/c1-10(11-5-3-2-4-6-11)17-20(18,19)14-9-12(15)7-8-13(14)16/h7-11,17H,2-6,16H2,1H3. The molecule has 1 fully saturated rings. The van der Waals surface area contributed by atoms with E-state index in [9.17, 15) is 8.42 Å². The lowest BCUT2D eigenvalue weighted by molar-refractivity contribution is 0.303. The summed E-state index contributed by atoms with van der Waals surface area (Å²) in [5, 5.41) is 0.366. The molecule has 1 aromatic carbocycles. The van der Waals surface area contributed by atoms with Gasteiger partial charge in [-0.1, -0.05) is 30.9 Å². The van der Waals surface area contributed by atoms with Gasteiger partial charge in [0, 0.05) is 11.1 Å². The minimum atomic E-state index is -3.62. The molecule has 4 nitrogen and oxygen atoms in total. The van der Waals surface area contributed by atoms with Crippen molar-refractivity contribution >= 4 is 27.3 Å². The third-order valence-electron chi connectivity index (χ3n) is 3.96. The van der Waals surface area contributed by atoms with Gasteiger partial charge in [-0.05, 0) is 43.9 Å². The maximum absolute atomic E-state index is 12.4. The van der Waals surface area contributed by atoms with Crippen molar-refractivity contribution in [2.75, 3.05) is 5.73 Å². The van der Waals surface area contributed by atoms with Gasteiger partial charge >= 0.3 is 0 Å². The first kappa shape index (κ1) is 15.6. The highest BCUT2D eigenvalue weighted by Gasteiger charge is 2.26. The van der Waals surface area contributed by atoms with Gasteiger partial charge in [0.25, 0.3) is 0 Å². The Balaban J connectivity index is 2.16. The first-order valence-electron chi connectivity index (χ1n) is 6.97. The van der Waals surface area contributed by atoms with Gasteiger partial charge in [-0.25, -0.2) is 13.1 Å². The molecule has 3 N–H and O–H groups in total. The predicted octanol–water partition coefficient (Wildman–Crippen LogP) is 3.17. The molecule has 0 amide bonds. The van der Waals surface area contributed by atoms with E-state index in [4.69, 9.17) is 17.3 Å². The molecule has 6 heteroatoms. The van der Waals surface area contributed by atoms with Crippen LogP contribution in [0.5, 0.6) is 0 Å². The van der Waals surface area contributed by atoms with Crippen LogP contribution in [0.15, 0.2) is 23.1 Å². The first-order valence-corrected chi connectivity index (χ1v) is 8.83. The van der Waals surface area contributed by atoms with Crippen LogP contribution in [0.1, 0.15) is 39.0 Å². The molecule has 1 atom stereocenters. The number of nitrogen functional groups attached to an aromatic ring is 1. The Morgan fingerprint density at radius 1 is 1.30 bits per heavy atom. The molecule has 1 aromatic rings. The Morgan fingerprint density at radius 3 is 2.60 bits per heavy atom. The maximum Gasteiger partial charge on any atom is 0.242 e. The fourth-order valence-electron chi connectivity index (χ4n) is 2.78. The second kappa shape index (κ2) is 6.33. The van der Waals surface area contributed by atoms with Crippen molar-refractivity contribution in [1.82, 2.24) is 4.72 Å². The van der Waals surface area contributed by atoms with E-state index < -0.39 is 10.0 Å². The summed E-state index contributed by atoms with van der Waals surface area (Å²) >= 11 is 5.86. The summed E-state index contributed by atoms with van der Waals surface area (Å²) < 4.78 is 27.6. The van der Waals surface area contributed by atoms with Crippen molar-refractivity contribution in [2.24, 2.45) is 5.92 Å². The molecule has 0 bridgehead atoms. The van der Waals surface area contributed by atoms with Gasteiger partial charge in [0.2, 0.25) is 10.0 Å². The fourth-order valence-corrected chi connectivity index (χ4v) is 4.49. The first-order chi connectivity index (χ1) is 9.40. The Morgan fingerprint density at radius 2 is 1.95 bits per heavy atom. The zero-order valence-electron chi connectivity index (χ0n) is 11.6. The summed E-state index contributed by atoms with van der Waals surface area (Å²) in [6, 6.07) is 4.41. The SMILES string of the molecule is CC(NS(=O)(=O)c1cc(Cl)ccc1N)C1CCCCC1. The van der Waals surface area contributed by atoms with Gasteiger partial charge in [-0.15, -0.1) is 0 Å². The smallest absolute Gasteiger partial charge is 0.242 e. The van der Waals surface area contributed by atoms with E-state index >= 15 is 0 Å². The molecule has 1 aliphatic rings. The molecule has 1 unspecified atom stereocenters. The molecule has 1 aliphatic carbocycles. The third kappa shape index (κ3) is 3.65. The minimum absolute atomic E-state index is 0.0626. The van der Waals surface area contributed by atoms with E-state index in [1.165, 1.54) is 31.4 Å². The molecule has 112 valence electrons. The van der Waals surface area contributed by atoms with E-state index in [0.717, 1.165) is 12.8 Å². The van der Waals surface area contributed by atoms with Crippen LogP contribution in [0.25, 0.3) is 0 Å². The summed E-state index contributed by atoms with van der Waals surface area (Å²) in [6.07, 6.45) is 5.76. The van der Waals surface area contributed by atoms with Gasteiger partial charge in [-0.3, -0.25) is 0 Å². The Labute approximate surface area is 125 Å². The van der Waals surface area contributed by atoms with Crippen molar-refractivity contribution in [3.63, 3.8) is 0 Å². The van der Waals surface area contributed by atoms with Crippen LogP contribution in [0.4, 0.5) is 5.69 Å². The minimum Gasteiger partial charge on any atom is -0.398 e. The molecule has 0 radical (unpaired) electrons. The summed E-state index contributed by atoms with van der Waals surface area (Å²) in [4.78, 5) is 0.0626. The summed E-state index contributed by atoms with van der Waals surface area (Å²) in [5.74, 6) is 0.402. The third-order valence-corrected chi connectivity index (χ3v) is 5.81. The van der Waals surface area contributed by atoms with Crippen LogP contribution in [0, 0.1) is 5.92 Å². The van der Waals surface area contributed by atoms with E-state index in [1.54, 1.807) is 6.07 Å². The van der Waals surface area contributed by atoms with Gasteiger partial charge in [-0.2, -0.15) is 0 Å². The fraction of sp³-hybridized carbons (Fsp3) is 0.571. The van der Waals surface area contributed by atoms with Crippen LogP contribution in [-0.4, -0.2) is 14.5 Å². The van der Waals surface area contributed by atoms with Crippen LogP contribution in [-0.2, 0) is 10.0 Å². The molecular formula is C14H21ClN2O2S. The molecular weight excluding hydrogens is 296 g/mol. The number of hydrogen-bond acceptors (Lipinski definition) is 3. The van der Waals surface area contributed by atoms with E-state index in [1.807, 2.05) is 6.92 Å². The lowest BCUT2D eigenvalue weighted by Gasteiger charge is -2.28. The highest BCUT2D eigenvalue weighted by molar-refractivity contribution is 7.89. The second-order valence-electron chi connectivity index (χ2n) is 5.49. The number of nitrogens with one attached hydrogen (secondary N) is 1. The van der Waals surface area contributed by atoms with Crippen molar-refractivity contribution in [3.05, 3.63) is 23.2 Å². The van der Waals surface area contributed by atoms with Crippen molar-refractivity contribution < 1.29 is 8.42 Å². The number of hydrogen-bond donors (Lipinski definition) is 2. The summed E-state index contributed by atoms with van der Waals surface area (Å²) in [6.45, 7) is 1.92. The van der Waals surface area contributed by atoms with Crippen LogP contribution in [0.2, 0.25) is 5.02 Å². The van der Waals surface area contributed by atoms with Gasteiger partial charge in [0.1, 0.15) is 4.90 Å². The average molecular weight is 317 g/mol. The normalized spacial score (nSPS) is 18.9. The van der Waals surface area contributed by atoms with Crippen molar-refractivity contribution in [3.8, 4) is 0 Å². The number of rotatable bonds is 4. The van der Waals surface area contributed by atoms with Gasteiger partial charge < -0.3 is 5.73 Å². The summed E-state index contributed by atoms with van der Waals surface area (Å²) in [5.41, 5.74) is 5.97. The maximum atomic E-state index is 12.4. The second-order valence-corrected chi connectivity index (χ2v) is 7.61. The predicted molar refractivity (Wildman–Crippen MR) is 82.2 cm³/mol. The monoisotopic (exact) mass is 316 g/mol. The Hall–Kier alpha value is -0.780. The lowest BCUT2D eigenvalue weighted by Crippen LogP contribution is -2.39. The Bertz CT molecular complexity index is 569. The number of benzene rings is 1. The average Bonchev–Trinajstić information content (AvgIpc) is 2.42.